The van der Waals surface area contributed by atoms with E-state index in [1.165, 1.54) is 71.7 Å². The van der Waals surface area contributed by atoms with E-state index in [-0.39, 0.29) is 0 Å². The number of piperazine rings is 1. The van der Waals surface area contributed by atoms with E-state index in [1.807, 2.05) is 0 Å². The van der Waals surface area contributed by atoms with Crippen LogP contribution in [0.5, 0.6) is 0 Å². The first-order valence-corrected chi connectivity index (χ1v) is 8.63. The van der Waals surface area contributed by atoms with Gasteiger partial charge in [0.25, 0.3) is 0 Å². The molecule has 3 aliphatic heterocycles. The predicted octanol–water partition coefficient (Wildman–Crippen LogP) is 0.696. The Kier molecular flexibility index (Phi) is 4.97. The summed E-state index contributed by atoms with van der Waals surface area (Å²) in [6, 6.07) is 1.70. The van der Waals surface area contributed by atoms with E-state index in [0.29, 0.717) is 0 Å². The topological polar surface area (TPSA) is 21.8 Å². The predicted molar refractivity (Wildman–Crippen MR) is 84.1 cm³/mol. The lowest BCUT2D eigenvalue weighted by molar-refractivity contribution is 0.0301. The van der Waals surface area contributed by atoms with Crippen molar-refractivity contribution in [2.45, 2.75) is 38.8 Å². The molecule has 0 spiro atoms. The number of hydrogen-bond acceptors (Lipinski definition) is 4. The molecule has 3 saturated heterocycles. The summed E-state index contributed by atoms with van der Waals surface area (Å²) in [5, 5.41) is 3.39. The highest BCUT2D eigenvalue weighted by atomic mass is 15.3. The Morgan fingerprint density at radius 2 is 1.40 bits per heavy atom. The monoisotopic (exact) mass is 280 g/mol. The quantitative estimate of drug-likeness (QED) is 0.818. The van der Waals surface area contributed by atoms with E-state index >= 15 is 0 Å². The lowest BCUT2D eigenvalue weighted by atomic mass is 10.0. The van der Waals surface area contributed by atoms with Crippen molar-refractivity contribution >= 4 is 0 Å². The van der Waals surface area contributed by atoms with Crippen LogP contribution in [0.15, 0.2) is 0 Å². The number of nitrogens with zero attached hydrogens (tertiary/aromatic N) is 3. The van der Waals surface area contributed by atoms with Crippen LogP contribution in [0.3, 0.4) is 0 Å². The Hall–Kier alpha value is -0.160. The van der Waals surface area contributed by atoms with E-state index < -0.39 is 0 Å². The van der Waals surface area contributed by atoms with E-state index in [1.54, 1.807) is 0 Å². The van der Waals surface area contributed by atoms with Crippen LogP contribution >= 0.6 is 0 Å². The molecule has 0 saturated carbocycles. The fraction of sp³-hybridized carbons (Fsp3) is 1.00. The van der Waals surface area contributed by atoms with E-state index in [0.717, 1.165) is 18.0 Å². The maximum absolute atomic E-state index is 3.39. The van der Waals surface area contributed by atoms with Crippen LogP contribution < -0.4 is 5.32 Å². The summed E-state index contributed by atoms with van der Waals surface area (Å²) in [7, 11) is 0. The van der Waals surface area contributed by atoms with Crippen LogP contribution in [0, 0.1) is 5.92 Å². The lowest BCUT2D eigenvalue weighted by Gasteiger charge is -2.46. The van der Waals surface area contributed by atoms with E-state index in [9.17, 15) is 0 Å². The van der Waals surface area contributed by atoms with Crippen LogP contribution in [0.25, 0.3) is 0 Å². The summed E-state index contributed by atoms with van der Waals surface area (Å²) in [5.41, 5.74) is 0. The van der Waals surface area contributed by atoms with Crippen LogP contribution in [0.4, 0.5) is 0 Å². The minimum absolute atomic E-state index is 0.811. The van der Waals surface area contributed by atoms with Gasteiger partial charge in [0.2, 0.25) is 0 Å². The van der Waals surface area contributed by atoms with Crippen LogP contribution in [-0.2, 0) is 0 Å². The molecule has 3 fully saturated rings. The van der Waals surface area contributed by atoms with Gasteiger partial charge in [-0.3, -0.25) is 9.80 Å². The SMILES string of the molecule is CC(C)CN1CCC(N2CCN(C3CNC3)CC2)CC1. The minimum Gasteiger partial charge on any atom is -0.314 e. The van der Waals surface area contributed by atoms with Crippen molar-refractivity contribution < 1.29 is 0 Å². The highest BCUT2D eigenvalue weighted by molar-refractivity contribution is 4.89. The summed E-state index contributed by atoms with van der Waals surface area (Å²) < 4.78 is 0. The maximum atomic E-state index is 3.39. The molecule has 4 nitrogen and oxygen atoms in total. The van der Waals surface area contributed by atoms with Crippen molar-refractivity contribution in [3.05, 3.63) is 0 Å². The number of rotatable bonds is 4. The molecule has 0 aromatic rings. The Labute approximate surface area is 124 Å². The standard InChI is InChI=1S/C16H32N4/c1-14(2)13-18-5-3-15(4-6-18)19-7-9-20(10-8-19)16-11-17-12-16/h14-17H,3-13H2,1-2H3. The summed E-state index contributed by atoms with van der Waals surface area (Å²) in [6.07, 6.45) is 2.77. The second kappa shape index (κ2) is 6.73. The molecule has 4 heteroatoms. The van der Waals surface area contributed by atoms with Gasteiger partial charge in [-0.25, -0.2) is 0 Å². The third-order valence-electron chi connectivity index (χ3n) is 5.32. The molecular weight excluding hydrogens is 248 g/mol. The van der Waals surface area contributed by atoms with Gasteiger partial charge in [0.15, 0.2) is 0 Å². The normalized spacial score (nSPS) is 28.9. The zero-order valence-corrected chi connectivity index (χ0v) is 13.4. The third kappa shape index (κ3) is 3.53. The zero-order valence-electron chi connectivity index (χ0n) is 13.4. The molecule has 3 rings (SSSR count). The Bertz CT molecular complexity index is 287. The van der Waals surface area contributed by atoms with Crippen molar-refractivity contribution in [2.24, 2.45) is 5.92 Å². The molecule has 116 valence electrons. The first-order valence-electron chi connectivity index (χ1n) is 8.63. The van der Waals surface area contributed by atoms with Gasteiger partial charge in [-0.15, -0.1) is 0 Å². The van der Waals surface area contributed by atoms with Crippen LogP contribution in [0.2, 0.25) is 0 Å². The number of likely N-dealkylation sites (tertiary alicyclic amines) is 1. The highest BCUT2D eigenvalue weighted by Crippen LogP contribution is 2.20. The minimum atomic E-state index is 0.811. The molecule has 0 aliphatic carbocycles. The highest BCUT2D eigenvalue weighted by Gasteiger charge is 2.31. The van der Waals surface area contributed by atoms with Crippen molar-refractivity contribution in [1.82, 2.24) is 20.0 Å². The van der Waals surface area contributed by atoms with Gasteiger partial charge < -0.3 is 10.2 Å². The van der Waals surface area contributed by atoms with Crippen molar-refractivity contribution in [1.29, 1.82) is 0 Å². The fourth-order valence-electron chi connectivity index (χ4n) is 3.98. The van der Waals surface area contributed by atoms with Gasteiger partial charge in [-0.2, -0.15) is 0 Å². The number of piperidine rings is 1. The first kappa shape index (κ1) is 14.8. The molecule has 0 aromatic carbocycles. The van der Waals surface area contributed by atoms with Gasteiger partial charge in [-0.05, 0) is 31.8 Å². The van der Waals surface area contributed by atoms with Gasteiger partial charge in [0, 0.05) is 57.9 Å². The Morgan fingerprint density at radius 3 is 1.85 bits per heavy atom. The molecule has 0 radical (unpaired) electrons. The summed E-state index contributed by atoms with van der Waals surface area (Å²) >= 11 is 0. The Balaban J connectivity index is 1.38. The molecule has 0 bridgehead atoms. The number of nitrogens with one attached hydrogen (secondary N) is 1. The number of hydrogen-bond donors (Lipinski definition) is 1. The molecule has 3 heterocycles. The third-order valence-corrected chi connectivity index (χ3v) is 5.32. The molecular formula is C16H32N4. The fourth-order valence-corrected chi connectivity index (χ4v) is 3.98. The zero-order chi connectivity index (χ0) is 13.9. The molecule has 3 aliphatic rings. The smallest absolute Gasteiger partial charge is 0.0346 e. The van der Waals surface area contributed by atoms with Gasteiger partial charge in [-0.1, -0.05) is 13.8 Å². The van der Waals surface area contributed by atoms with Gasteiger partial charge in [0.1, 0.15) is 0 Å². The second-order valence-electron chi connectivity index (χ2n) is 7.31. The summed E-state index contributed by atoms with van der Waals surface area (Å²) in [4.78, 5) is 8.13. The van der Waals surface area contributed by atoms with Crippen LogP contribution in [-0.4, -0.2) is 85.7 Å². The van der Waals surface area contributed by atoms with Crippen molar-refractivity contribution in [3.8, 4) is 0 Å². The second-order valence-corrected chi connectivity index (χ2v) is 7.31. The molecule has 0 unspecified atom stereocenters. The maximum Gasteiger partial charge on any atom is 0.0346 e. The average molecular weight is 280 g/mol. The molecule has 1 N–H and O–H groups in total. The average Bonchev–Trinajstić information content (AvgIpc) is 2.38. The Morgan fingerprint density at radius 1 is 0.850 bits per heavy atom. The van der Waals surface area contributed by atoms with Crippen molar-refractivity contribution in [3.63, 3.8) is 0 Å². The molecule has 0 aromatic heterocycles. The lowest BCUT2D eigenvalue weighted by Crippen LogP contribution is -2.62. The van der Waals surface area contributed by atoms with Gasteiger partial charge >= 0.3 is 0 Å². The molecule has 20 heavy (non-hydrogen) atoms. The van der Waals surface area contributed by atoms with E-state index in [2.05, 4.69) is 33.9 Å². The first-order chi connectivity index (χ1) is 9.72. The summed E-state index contributed by atoms with van der Waals surface area (Å²) in [6.45, 7) is 16.2. The van der Waals surface area contributed by atoms with E-state index in [4.69, 9.17) is 0 Å². The summed E-state index contributed by atoms with van der Waals surface area (Å²) in [5.74, 6) is 0.811. The molecule has 0 atom stereocenters. The van der Waals surface area contributed by atoms with Crippen molar-refractivity contribution in [2.75, 3.05) is 58.9 Å². The van der Waals surface area contributed by atoms with Gasteiger partial charge in [0.05, 0.1) is 0 Å². The molecule has 0 amide bonds. The van der Waals surface area contributed by atoms with Crippen LogP contribution in [0.1, 0.15) is 26.7 Å². The largest absolute Gasteiger partial charge is 0.314 e.